The highest BCUT2D eigenvalue weighted by Crippen LogP contribution is 2.39. The number of halogens is 3. The Morgan fingerprint density at radius 1 is 1.10 bits per heavy atom. The maximum atomic E-state index is 13.0. The van der Waals surface area contributed by atoms with Crippen LogP contribution in [0.25, 0.3) is 17.4 Å². The average Bonchev–Trinajstić information content (AvgIpc) is 3.28. The van der Waals surface area contributed by atoms with Crippen LogP contribution in [-0.2, 0) is 4.79 Å². The van der Waals surface area contributed by atoms with Crippen LogP contribution in [-0.4, -0.2) is 16.5 Å². The Labute approximate surface area is 191 Å². The first-order valence-electron chi connectivity index (χ1n) is 8.85. The summed E-state index contributed by atoms with van der Waals surface area (Å²) in [6, 6.07) is 12.4. The Morgan fingerprint density at radius 2 is 1.81 bits per heavy atom. The minimum Gasteiger partial charge on any atom is -0.457 e. The molecule has 4 rings (SSSR count). The SMILES string of the molecule is CC1=NN(c2c(Cl)cc(Cl)cc2Cl)C(=O)C1=Cc1ccc(-c2cccc([N+](=O)[O-])c2)o1. The van der Waals surface area contributed by atoms with Gasteiger partial charge < -0.3 is 4.42 Å². The Balaban J connectivity index is 1.65. The quantitative estimate of drug-likeness (QED) is 0.240. The van der Waals surface area contributed by atoms with Crippen LogP contribution in [0.5, 0.6) is 0 Å². The zero-order chi connectivity index (χ0) is 22.3. The van der Waals surface area contributed by atoms with Gasteiger partial charge >= 0.3 is 0 Å². The van der Waals surface area contributed by atoms with Crippen molar-refractivity contribution in [1.29, 1.82) is 0 Å². The number of hydrogen-bond acceptors (Lipinski definition) is 5. The third-order valence-corrected chi connectivity index (χ3v) is 5.31. The predicted octanol–water partition coefficient (Wildman–Crippen LogP) is 6.62. The number of non-ortho nitro benzene ring substituents is 1. The third kappa shape index (κ3) is 4.07. The zero-order valence-corrected chi connectivity index (χ0v) is 18.1. The molecule has 2 aromatic carbocycles. The molecule has 0 saturated carbocycles. The number of hydrogen-bond donors (Lipinski definition) is 0. The fraction of sp³-hybridized carbons (Fsp3) is 0.0476. The number of nitrogens with zero attached hydrogens (tertiary/aromatic N) is 3. The minimum absolute atomic E-state index is 0.0462. The van der Waals surface area contributed by atoms with Gasteiger partial charge in [-0.15, -0.1) is 0 Å². The number of nitro groups is 1. The fourth-order valence-corrected chi connectivity index (χ4v) is 4.05. The van der Waals surface area contributed by atoms with Crippen LogP contribution in [0.2, 0.25) is 15.1 Å². The van der Waals surface area contributed by atoms with E-state index in [9.17, 15) is 14.9 Å². The molecule has 1 amide bonds. The normalized spacial score (nSPS) is 15.0. The first-order valence-corrected chi connectivity index (χ1v) is 9.99. The standard InChI is InChI=1S/C21H12Cl3N3O4/c1-11-16(21(28)26(25-11)20-17(23)8-13(22)9-18(20)24)10-15-5-6-19(31-15)12-3-2-4-14(7-12)27(29)30/h2-10H,1H3. The van der Waals surface area contributed by atoms with Gasteiger partial charge in [0.2, 0.25) is 0 Å². The number of benzene rings is 2. The maximum absolute atomic E-state index is 13.0. The van der Waals surface area contributed by atoms with Gasteiger partial charge in [-0.05, 0) is 37.3 Å². The highest BCUT2D eigenvalue weighted by Gasteiger charge is 2.32. The summed E-state index contributed by atoms with van der Waals surface area (Å²) in [4.78, 5) is 23.5. The highest BCUT2D eigenvalue weighted by atomic mass is 35.5. The molecule has 0 spiro atoms. The molecule has 31 heavy (non-hydrogen) atoms. The Morgan fingerprint density at radius 3 is 2.48 bits per heavy atom. The molecule has 156 valence electrons. The number of amides is 1. The topological polar surface area (TPSA) is 89.0 Å². The van der Waals surface area contributed by atoms with E-state index >= 15 is 0 Å². The second-order valence-electron chi connectivity index (χ2n) is 6.59. The van der Waals surface area contributed by atoms with Crippen molar-refractivity contribution in [2.24, 2.45) is 5.10 Å². The minimum atomic E-state index is -0.478. The molecule has 0 saturated heterocycles. The molecule has 1 aromatic heterocycles. The van der Waals surface area contributed by atoms with Gasteiger partial charge in [-0.2, -0.15) is 10.1 Å². The van der Waals surface area contributed by atoms with Gasteiger partial charge in [0.1, 0.15) is 17.2 Å². The molecule has 0 unspecified atom stereocenters. The number of furan rings is 1. The summed E-state index contributed by atoms with van der Waals surface area (Å²) < 4.78 is 5.77. The Hall–Kier alpha value is -3.13. The summed E-state index contributed by atoms with van der Waals surface area (Å²) >= 11 is 18.4. The van der Waals surface area contributed by atoms with Crippen molar-refractivity contribution in [3.8, 4) is 11.3 Å². The molecule has 1 aliphatic rings. The molecule has 1 aliphatic heterocycles. The number of nitro benzene ring substituents is 1. The van der Waals surface area contributed by atoms with Crippen LogP contribution in [0.1, 0.15) is 12.7 Å². The lowest BCUT2D eigenvalue weighted by Crippen LogP contribution is -2.22. The first kappa shape index (κ1) is 21.1. The van der Waals surface area contributed by atoms with E-state index in [4.69, 9.17) is 39.2 Å². The lowest BCUT2D eigenvalue weighted by atomic mass is 10.1. The van der Waals surface area contributed by atoms with Gasteiger partial charge in [-0.25, -0.2) is 0 Å². The van der Waals surface area contributed by atoms with Gasteiger partial charge in [-0.1, -0.05) is 46.9 Å². The van der Waals surface area contributed by atoms with Crippen molar-refractivity contribution in [3.63, 3.8) is 0 Å². The van der Waals surface area contributed by atoms with Gasteiger partial charge in [0.15, 0.2) is 0 Å². The van der Waals surface area contributed by atoms with Crippen LogP contribution in [0.3, 0.4) is 0 Å². The smallest absolute Gasteiger partial charge is 0.280 e. The lowest BCUT2D eigenvalue weighted by molar-refractivity contribution is -0.384. The molecular weight excluding hydrogens is 465 g/mol. The van der Waals surface area contributed by atoms with Crippen molar-refractivity contribution in [3.05, 3.63) is 85.0 Å². The first-order chi connectivity index (χ1) is 14.7. The molecule has 0 bridgehead atoms. The van der Waals surface area contributed by atoms with E-state index in [0.29, 0.717) is 33.4 Å². The van der Waals surface area contributed by atoms with Crippen LogP contribution in [0.4, 0.5) is 11.4 Å². The second kappa shape index (κ2) is 8.19. The van der Waals surface area contributed by atoms with Crippen LogP contribution in [0, 0.1) is 10.1 Å². The largest absolute Gasteiger partial charge is 0.457 e. The van der Waals surface area contributed by atoms with Gasteiger partial charge in [0.25, 0.3) is 11.6 Å². The van der Waals surface area contributed by atoms with E-state index in [1.54, 1.807) is 37.3 Å². The lowest BCUT2D eigenvalue weighted by Gasteiger charge is -2.15. The van der Waals surface area contributed by atoms with Gasteiger partial charge in [-0.3, -0.25) is 14.9 Å². The predicted molar refractivity (Wildman–Crippen MR) is 121 cm³/mol. The van der Waals surface area contributed by atoms with E-state index in [1.165, 1.54) is 24.3 Å². The maximum Gasteiger partial charge on any atom is 0.280 e. The summed E-state index contributed by atoms with van der Waals surface area (Å²) in [5.41, 5.74) is 1.47. The van der Waals surface area contributed by atoms with Crippen LogP contribution >= 0.6 is 34.8 Å². The van der Waals surface area contributed by atoms with E-state index in [2.05, 4.69) is 5.10 Å². The van der Waals surface area contributed by atoms with Crippen molar-refractivity contribution in [2.45, 2.75) is 6.92 Å². The van der Waals surface area contributed by atoms with Crippen molar-refractivity contribution >= 4 is 63.9 Å². The number of anilines is 1. The number of carbonyl (C=O) groups is 1. The van der Waals surface area contributed by atoms with Crippen molar-refractivity contribution < 1.29 is 14.1 Å². The van der Waals surface area contributed by atoms with E-state index in [0.717, 1.165) is 5.01 Å². The highest BCUT2D eigenvalue weighted by molar-refractivity contribution is 6.44. The molecule has 2 heterocycles. The van der Waals surface area contributed by atoms with Crippen LogP contribution < -0.4 is 5.01 Å². The van der Waals surface area contributed by atoms with Crippen molar-refractivity contribution in [1.82, 2.24) is 0 Å². The monoisotopic (exact) mass is 475 g/mol. The molecule has 0 atom stereocenters. The van der Waals surface area contributed by atoms with E-state index in [-0.39, 0.29) is 21.4 Å². The van der Waals surface area contributed by atoms with Gasteiger partial charge in [0, 0.05) is 22.7 Å². The summed E-state index contributed by atoms with van der Waals surface area (Å²) in [6.45, 7) is 1.67. The second-order valence-corrected chi connectivity index (χ2v) is 7.84. The number of carbonyl (C=O) groups excluding carboxylic acids is 1. The zero-order valence-electron chi connectivity index (χ0n) is 15.8. The Kier molecular flexibility index (Phi) is 5.58. The molecule has 0 aliphatic carbocycles. The molecule has 3 aromatic rings. The summed E-state index contributed by atoms with van der Waals surface area (Å²) in [5, 5.41) is 17.1. The molecule has 0 N–H and O–H groups in total. The third-order valence-electron chi connectivity index (χ3n) is 4.51. The number of hydrazone groups is 1. The van der Waals surface area contributed by atoms with E-state index < -0.39 is 10.8 Å². The van der Waals surface area contributed by atoms with Gasteiger partial charge in [0.05, 0.1) is 26.3 Å². The summed E-state index contributed by atoms with van der Waals surface area (Å²) in [5.74, 6) is 0.378. The average molecular weight is 477 g/mol. The molecule has 0 fully saturated rings. The molecular formula is C21H12Cl3N3O4. The summed E-state index contributed by atoms with van der Waals surface area (Å²) in [6.07, 6.45) is 1.54. The summed E-state index contributed by atoms with van der Waals surface area (Å²) in [7, 11) is 0. The van der Waals surface area contributed by atoms with E-state index in [1.807, 2.05) is 0 Å². The van der Waals surface area contributed by atoms with Crippen LogP contribution in [0.15, 0.2) is 63.6 Å². The van der Waals surface area contributed by atoms with Crippen molar-refractivity contribution in [2.75, 3.05) is 5.01 Å². The fourth-order valence-electron chi connectivity index (χ4n) is 3.07. The Bertz CT molecular complexity index is 1270. The number of rotatable bonds is 4. The molecule has 10 heteroatoms. The molecule has 7 nitrogen and oxygen atoms in total. The molecule has 0 radical (unpaired) electrons.